The van der Waals surface area contributed by atoms with Gasteiger partial charge >= 0.3 is 5.97 Å². The van der Waals surface area contributed by atoms with Gasteiger partial charge in [-0.1, -0.05) is 13.0 Å². The van der Waals surface area contributed by atoms with Crippen molar-refractivity contribution in [2.45, 2.75) is 50.1 Å². The summed E-state index contributed by atoms with van der Waals surface area (Å²) in [6.07, 6.45) is 1.58. The van der Waals surface area contributed by atoms with E-state index in [0.717, 1.165) is 24.9 Å². The van der Waals surface area contributed by atoms with Crippen molar-refractivity contribution in [3.8, 4) is 5.75 Å². The van der Waals surface area contributed by atoms with Crippen molar-refractivity contribution in [3.63, 3.8) is 0 Å². The molecule has 2 N–H and O–H groups in total. The number of hydrogen-bond acceptors (Lipinski definition) is 4. The third-order valence-electron chi connectivity index (χ3n) is 6.07. The van der Waals surface area contributed by atoms with Crippen molar-refractivity contribution in [1.82, 2.24) is 9.80 Å². The predicted molar refractivity (Wildman–Crippen MR) is 93.6 cm³/mol. The Balaban J connectivity index is 1.98. The Morgan fingerprint density at radius 3 is 2.76 bits per heavy atom. The maximum Gasteiger partial charge on any atom is 0.303 e. The summed E-state index contributed by atoms with van der Waals surface area (Å²) in [7, 11) is 3.87. The molecule has 0 saturated carbocycles. The number of fused-ring (bicyclic) bond motifs is 4. The lowest BCUT2D eigenvalue weighted by molar-refractivity contribution is -0.143. The molecule has 1 aromatic carbocycles. The van der Waals surface area contributed by atoms with Gasteiger partial charge in [-0.25, -0.2) is 0 Å². The molecule has 2 bridgehead atoms. The van der Waals surface area contributed by atoms with E-state index in [0.29, 0.717) is 0 Å². The molecule has 3 atom stereocenters. The number of amides is 1. The number of carboxylic acids is 1. The molecule has 1 saturated heterocycles. The summed E-state index contributed by atoms with van der Waals surface area (Å²) in [5.74, 6) is -0.845. The molecule has 136 valence electrons. The number of likely N-dealkylation sites (tertiary alicyclic amines) is 1. The predicted octanol–water partition coefficient (Wildman–Crippen LogP) is 1.60. The lowest BCUT2D eigenvalue weighted by atomic mass is 9.61. The van der Waals surface area contributed by atoms with Crippen molar-refractivity contribution in [2.75, 3.05) is 20.6 Å². The Morgan fingerprint density at radius 1 is 1.36 bits per heavy atom. The first-order chi connectivity index (χ1) is 11.7. The number of aromatic hydroxyl groups is 1. The van der Waals surface area contributed by atoms with E-state index in [1.54, 1.807) is 18.0 Å². The first-order valence-electron chi connectivity index (χ1n) is 8.74. The highest BCUT2D eigenvalue weighted by Gasteiger charge is 2.52. The third kappa shape index (κ3) is 2.99. The highest BCUT2D eigenvalue weighted by molar-refractivity contribution is 5.81. The molecular formula is C19H26N2O4. The zero-order chi connectivity index (χ0) is 18.4. The number of likely N-dealkylation sites (N-methyl/N-ethyl adjacent to an activating group) is 2. The zero-order valence-electron chi connectivity index (χ0n) is 15.0. The maximum absolute atomic E-state index is 12.6. The lowest BCUT2D eigenvalue weighted by Gasteiger charge is -2.57. The van der Waals surface area contributed by atoms with E-state index in [9.17, 15) is 14.7 Å². The van der Waals surface area contributed by atoms with Crippen LogP contribution in [0, 0.1) is 0 Å². The normalized spacial score (nSPS) is 28.3. The van der Waals surface area contributed by atoms with Gasteiger partial charge in [-0.05, 0) is 49.7 Å². The molecule has 1 amide bonds. The average molecular weight is 346 g/mol. The Hall–Kier alpha value is -2.08. The van der Waals surface area contributed by atoms with Crippen molar-refractivity contribution in [2.24, 2.45) is 0 Å². The molecule has 0 spiro atoms. The van der Waals surface area contributed by atoms with Crippen LogP contribution in [-0.4, -0.2) is 64.6 Å². The van der Waals surface area contributed by atoms with E-state index in [1.165, 1.54) is 5.56 Å². The van der Waals surface area contributed by atoms with E-state index >= 15 is 0 Å². The molecule has 6 heteroatoms. The van der Waals surface area contributed by atoms with E-state index in [4.69, 9.17) is 5.11 Å². The number of benzene rings is 1. The lowest BCUT2D eigenvalue weighted by Crippen LogP contribution is -2.67. The number of carbonyl (C=O) groups is 2. The molecule has 0 radical (unpaired) electrons. The number of carboxylic acid groups (broad SMARTS) is 1. The Labute approximate surface area is 148 Å². The number of rotatable bonds is 4. The smallest absolute Gasteiger partial charge is 0.303 e. The quantitative estimate of drug-likeness (QED) is 0.865. The summed E-state index contributed by atoms with van der Waals surface area (Å²) < 4.78 is 0. The van der Waals surface area contributed by atoms with Gasteiger partial charge in [0.25, 0.3) is 0 Å². The summed E-state index contributed by atoms with van der Waals surface area (Å²) in [6.45, 7) is 3.10. The minimum atomic E-state index is -0.954. The van der Waals surface area contributed by atoms with Crippen LogP contribution in [-0.2, 0) is 21.4 Å². The van der Waals surface area contributed by atoms with Gasteiger partial charge in [-0.3, -0.25) is 9.59 Å². The molecule has 2 aliphatic rings. The van der Waals surface area contributed by atoms with Gasteiger partial charge in [0, 0.05) is 24.9 Å². The van der Waals surface area contributed by atoms with Gasteiger partial charge in [-0.15, -0.1) is 0 Å². The average Bonchev–Trinajstić information content (AvgIpc) is 2.56. The van der Waals surface area contributed by atoms with E-state index in [-0.39, 0.29) is 42.0 Å². The van der Waals surface area contributed by atoms with Crippen molar-refractivity contribution >= 4 is 11.9 Å². The van der Waals surface area contributed by atoms with Crippen LogP contribution < -0.4 is 0 Å². The monoisotopic (exact) mass is 346 g/mol. The van der Waals surface area contributed by atoms with Crippen LogP contribution in [0.5, 0.6) is 5.75 Å². The minimum absolute atomic E-state index is 0.0156. The first kappa shape index (κ1) is 17.7. The van der Waals surface area contributed by atoms with Crippen molar-refractivity contribution < 1.29 is 19.8 Å². The molecule has 0 aromatic heterocycles. The molecule has 3 rings (SSSR count). The van der Waals surface area contributed by atoms with Crippen LogP contribution in [0.3, 0.4) is 0 Å². The van der Waals surface area contributed by atoms with Gasteiger partial charge in [0.05, 0.1) is 12.5 Å². The number of nitrogens with zero attached hydrogens (tertiary/aromatic N) is 2. The van der Waals surface area contributed by atoms with Crippen LogP contribution in [0.15, 0.2) is 18.2 Å². The molecule has 25 heavy (non-hydrogen) atoms. The molecular weight excluding hydrogens is 320 g/mol. The third-order valence-corrected chi connectivity index (χ3v) is 6.07. The Morgan fingerprint density at radius 2 is 2.08 bits per heavy atom. The summed E-state index contributed by atoms with van der Waals surface area (Å²) in [6, 6.07) is 5.69. The van der Waals surface area contributed by atoms with Crippen molar-refractivity contribution in [3.05, 3.63) is 29.3 Å². The number of hydrogen-bond donors (Lipinski definition) is 2. The molecule has 1 fully saturated rings. The molecule has 1 aromatic rings. The van der Waals surface area contributed by atoms with Gasteiger partial charge < -0.3 is 20.0 Å². The fourth-order valence-corrected chi connectivity index (χ4v) is 4.68. The van der Waals surface area contributed by atoms with Crippen LogP contribution in [0.25, 0.3) is 0 Å². The summed E-state index contributed by atoms with van der Waals surface area (Å²) in [5.41, 5.74) is 2.08. The van der Waals surface area contributed by atoms with E-state index in [1.807, 2.05) is 12.1 Å². The fourth-order valence-electron chi connectivity index (χ4n) is 4.68. The molecule has 3 unspecified atom stereocenters. The Bertz CT molecular complexity index is 705. The van der Waals surface area contributed by atoms with Gasteiger partial charge in [-0.2, -0.15) is 0 Å². The number of phenolic OH excluding ortho intramolecular Hbond substituents is 1. The standard InChI is InChI=1S/C19H26N2O4/c1-19-8-9-20(2)15(10-12-4-5-13(22)11-14(12)19)18(19)21(3)16(23)6-7-17(24)25/h4-5,11,15,18,22H,6-10H2,1-3H3,(H,24,25). The van der Waals surface area contributed by atoms with E-state index < -0.39 is 5.97 Å². The molecule has 1 aliphatic carbocycles. The summed E-state index contributed by atoms with van der Waals surface area (Å²) >= 11 is 0. The number of carbonyl (C=O) groups excluding carboxylic acids is 1. The SMILES string of the molecule is CN1CCC2(C)c3cc(O)ccc3CC1C2N(C)C(=O)CCC(=O)O. The topological polar surface area (TPSA) is 81.1 Å². The highest BCUT2D eigenvalue weighted by Crippen LogP contribution is 2.47. The summed E-state index contributed by atoms with van der Waals surface area (Å²) in [4.78, 5) is 27.4. The molecule has 6 nitrogen and oxygen atoms in total. The van der Waals surface area contributed by atoms with Crippen LogP contribution in [0.2, 0.25) is 0 Å². The zero-order valence-corrected chi connectivity index (χ0v) is 15.0. The number of piperidine rings is 1. The molecule has 1 heterocycles. The maximum atomic E-state index is 12.6. The second-order valence-electron chi connectivity index (χ2n) is 7.60. The second-order valence-corrected chi connectivity index (χ2v) is 7.60. The van der Waals surface area contributed by atoms with Gasteiger partial charge in [0.15, 0.2) is 0 Å². The number of aliphatic carboxylic acids is 1. The van der Waals surface area contributed by atoms with Crippen LogP contribution in [0.4, 0.5) is 0 Å². The Kier molecular flexibility index (Phi) is 4.49. The van der Waals surface area contributed by atoms with Crippen molar-refractivity contribution in [1.29, 1.82) is 0 Å². The largest absolute Gasteiger partial charge is 0.508 e. The van der Waals surface area contributed by atoms with Crippen LogP contribution in [0.1, 0.15) is 37.3 Å². The molecule has 1 aliphatic heterocycles. The second kappa shape index (κ2) is 6.33. The highest BCUT2D eigenvalue weighted by atomic mass is 16.4. The van der Waals surface area contributed by atoms with E-state index in [2.05, 4.69) is 18.9 Å². The van der Waals surface area contributed by atoms with Gasteiger partial charge in [0.1, 0.15) is 5.75 Å². The number of phenols is 1. The summed E-state index contributed by atoms with van der Waals surface area (Å²) in [5, 5.41) is 18.8. The fraction of sp³-hybridized carbons (Fsp3) is 0.579. The van der Waals surface area contributed by atoms with Gasteiger partial charge in [0.2, 0.25) is 5.91 Å². The first-order valence-corrected chi connectivity index (χ1v) is 8.74. The minimum Gasteiger partial charge on any atom is -0.508 e. The van der Waals surface area contributed by atoms with Crippen LogP contribution >= 0.6 is 0 Å².